The highest BCUT2D eigenvalue weighted by molar-refractivity contribution is 7.89. The van der Waals surface area contributed by atoms with Crippen molar-refractivity contribution in [2.24, 2.45) is 5.41 Å². The first-order chi connectivity index (χ1) is 12.7. The average molecular weight is 395 g/mol. The molecule has 2 aromatic carbocycles. The normalized spacial score (nSPS) is 23.3. The van der Waals surface area contributed by atoms with Gasteiger partial charge in [-0.15, -0.1) is 0 Å². The summed E-state index contributed by atoms with van der Waals surface area (Å²) < 4.78 is 54.9. The van der Waals surface area contributed by atoms with E-state index in [1.807, 2.05) is 6.92 Å². The van der Waals surface area contributed by atoms with Gasteiger partial charge in [-0.3, -0.25) is 0 Å². The first-order valence-corrected chi connectivity index (χ1v) is 10.4. The molecule has 1 fully saturated rings. The number of benzene rings is 2. The van der Waals surface area contributed by atoms with Gasteiger partial charge in [-0.25, -0.2) is 21.9 Å². The molecule has 4 nitrogen and oxygen atoms in total. The number of nitrogens with one attached hydrogen (secondary N) is 1. The molecule has 0 bridgehead atoms. The van der Waals surface area contributed by atoms with Gasteiger partial charge in [-0.05, 0) is 60.9 Å². The monoisotopic (exact) mass is 395 g/mol. The van der Waals surface area contributed by atoms with Crippen LogP contribution in [0.1, 0.15) is 32.6 Å². The summed E-state index contributed by atoms with van der Waals surface area (Å²) in [5.74, 6) is -1.36. The Morgan fingerprint density at radius 3 is 2.30 bits per heavy atom. The van der Waals surface area contributed by atoms with E-state index in [9.17, 15) is 22.3 Å². The van der Waals surface area contributed by atoms with Crippen LogP contribution >= 0.6 is 0 Å². The van der Waals surface area contributed by atoms with Crippen LogP contribution < -0.4 is 4.72 Å². The highest BCUT2D eigenvalue weighted by Gasteiger charge is 2.32. The lowest BCUT2D eigenvalue weighted by molar-refractivity contribution is 0.0921. The van der Waals surface area contributed by atoms with Crippen LogP contribution in [0.15, 0.2) is 47.4 Å². The molecule has 0 amide bonds. The summed E-state index contributed by atoms with van der Waals surface area (Å²) in [5.41, 5.74) is 0.551. The molecule has 1 aliphatic rings. The molecule has 3 rings (SSSR count). The van der Waals surface area contributed by atoms with Gasteiger partial charge in [0.2, 0.25) is 10.0 Å². The van der Waals surface area contributed by atoms with Gasteiger partial charge in [0, 0.05) is 24.3 Å². The third kappa shape index (κ3) is 4.54. The number of hydrogen-bond acceptors (Lipinski definition) is 3. The van der Waals surface area contributed by atoms with Crippen molar-refractivity contribution in [1.29, 1.82) is 0 Å². The van der Waals surface area contributed by atoms with Gasteiger partial charge >= 0.3 is 0 Å². The van der Waals surface area contributed by atoms with Crippen LogP contribution in [-0.4, -0.2) is 26.2 Å². The standard InChI is InChI=1S/C20H23F2NO3S/c1-20(13-24)10-8-16(9-11-20)23-27(25,26)17-5-2-14(3-6-17)18-7-4-15(21)12-19(18)22/h2-7,12,16,23-24H,8-11,13H2,1H3. The van der Waals surface area contributed by atoms with Crippen LogP contribution in [0.5, 0.6) is 0 Å². The lowest BCUT2D eigenvalue weighted by Gasteiger charge is -2.35. The van der Waals surface area contributed by atoms with Crippen molar-refractivity contribution in [3.8, 4) is 11.1 Å². The van der Waals surface area contributed by atoms with Crippen LogP contribution in [0.25, 0.3) is 11.1 Å². The second-order valence-electron chi connectivity index (χ2n) is 7.51. The quantitative estimate of drug-likeness (QED) is 0.808. The summed E-state index contributed by atoms with van der Waals surface area (Å²) in [6, 6.07) is 8.97. The van der Waals surface area contributed by atoms with E-state index < -0.39 is 21.7 Å². The van der Waals surface area contributed by atoms with Crippen LogP contribution in [0.2, 0.25) is 0 Å². The second-order valence-corrected chi connectivity index (χ2v) is 9.23. The minimum atomic E-state index is -3.69. The van der Waals surface area contributed by atoms with Crippen molar-refractivity contribution in [1.82, 2.24) is 4.72 Å². The minimum absolute atomic E-state index is 0.101. The molecule has 27 heavy (non-hydrogen) atoms. The number of halogens is 2. The van der Waals surface area contributed by atoms with E-state index in [-0.39, 0.29) is 28.5 Å². The van der Waals surface area contributed by atoms with Gasteiger partial charge < -0.3 is 5.11 Å². The first-order valence-electron chi connectivity index (χ1n) is 8.91. The second kappa shape index (κ2) is 7.66. The molecule has 7 heteroatoms. The van der Waals surface area contributed by atoms with E-state index in [1.165, 1.54) is 30.3 Å². The number of aliphatic hydroxyl groups excluding tert-OH is 1. The Bertz CT molecular complexity index is 905. The fraction of sp³-hybridized carbons (Fsp3) is 0.400. The van der Waals surface area contributed by atoms with Crippen LogP contribution in [0.4, 0.5) is 8.78 Å². The summed E-state index contributed by atoms with van der Waals surface area (Å²) in [6.07, 6.45) is 2.88. The molecule has 2 N–H and O–H groups in total. The molecule has 0 atom stereocenters. The molecule has 0 radical (unpaired) electrons. The predicted molar refractivity (Wildman–Crippen MR) is 99.6 cm³/mol. The van der Waals surface area contributed by atoms with Gasteiger partial charge in [0.25, 0.3) is 0 Å². The molecular weight excluding hydrogens is 372 g/mol. The molecular formula is C20H23F2NO3S. The van der Waals surface area contributed by atoms with Crippen molar-refractivity contribution >= 4 is 10.0 Å². The van der Waals surface area contributed by atoms with Crippen molar-refractivity contribution in [2.45, 2.75) is 43.5 Å². The predicted octanol–water partition coefficient (Wildman–Crippen LogP) is 3.85. The molecule has 0 spiro atoms. The summed E-state index contributed by atoms with van der Waals surface area (Å²) in [5, 5.41) is 9.42. The molecule has 0 heterocycles. The minimum Gasteiger partial charge on any atom is -0.396 e. The van der Waals surface area contributed by atoms with E-state index >= 15 is 0 Å². The van der Waals surface area contributed by atoms with Crippen LogP contribution in [0.3, 0.4) is 0 Å². The van der Waals surface area contributed by atoms with Gasteiger partial charge in [0.1, 0.15) is 11.6 Å². The molecule has 146 valence electrons. The zero-order valence-corrected chi connectivity index (χ0v) is 15.9. The Morgan fingerprint density at radius 1 is 1.11 bits per heavy atom. The Balaban J connectivity index is 1.72. The Hall–Kier alpha value is -1.83. The smallest absolute Gasteiger partial charge is 0.240 e. The van der Waals surface area contributed by atoms with Crippen molar-refractivity contribution in [2.75, 3.05) is 6.61 Å². The van der Waals surface area contributed by atoms with E-state index in [0.717, 1.165) is 25.0 Å². The van der Waals surface area contributed by atoms with Crippen molar-refractivity contribution < 1.29 is 22.3 Å². The fourth-order valence-electron chi connectivity index (χ4n) is 3.42. The zero-order valence-electron chi connectivity index (χ0n) is 15.1. The molecule has 1 aliphatic carbocycles. The van der Waals surface area contributed by atoms with Crippen LogP contribution in [0, 0.1) is 17.0 Å². The van der Waals surface area contributed by atoms with Gasteiger partial charge in [0.05, 0.1) is 4.90 Å². The highest BCUT2D eigenvalue weighted by atomic mass is 32.2. The topological polar surface area (TPSA) is 66.4 Å². The number of hydrogen-bond donors (Lipinski definition) is 2. The maximum Gasteiger partial charge on any atom is 0.240 e. The Morgan fingerprint density at radius 2 is 1.74 bits per heavy atom. The van der Waals surface area contributed by atoms with E-state index in [1.54, 1.807) is 0 Å². The third-order valence-electron chi connectivity index (χ3n) is 5.30. The highest BCUT2D eigenvalue weighted by Crippen LogP contribution is 2.35. The lowest BCUT2D eigenvalue weighted by Crippen LogP contribution is -2.40. The van der Waals surface area contributed by atoms with Crippen molar-refractivity contribution in [3.05, 3.63) is 54.1 Å². The van der Waals surface area contributed by atoms with Gasteiger partial charge in [-0.1, -0.05) is 19.1 Å². The molecule has 1 saturated carbocycles. The van der Waals surface area contributed by atoms with E-state index in [4.69, 9.17) is 0 Å². The number of aliphatic hydroxyl groups is 1. The van der Waals surface area contributed by atoms with E-state index in [2.05, 4.69) is 4.72 Å². The summed E-state index contributed by atoms with van der Waals surface area (Å²) in [6.45, 7) is 2.11. The molecule has 0 unspecified atom stereocenters. The molecule has 0 aromatic heterocycles. The fourth-order valence-corrected chi connectivity index (χ4v) is 4.72. The maximum absolute atomic E-state index is 13.9. The first kappa shape index (κ1) is 19.9. The maximum atomic E-state index is 13.9. The van der Waals surface area contributed by atoms with Crippen LogP contribution in [-0.2, 0) is 10.0 Å². The summed E-state index contributed by atoms with van der Waals surface area (Å²) in [4.78, 5) is 0.101. The molecule has 2 aromatic rings. The van der Waals surface area contributed by atoms with Gasteiger partial charge in [0.15, 0.2) is 0 Å². The van der Waals surface area contributed by atoms with Gasteiger partial charge in [-0.2, -0.15) is 0 Å². The van der Waals surface area contributed by atoms with E-state index in [0.29, 0.717) is 18.4 Å². The molecule has 0 aliphatic heterocycles. The lowest BCUT2D eigenvalue weighted by atomic mass is 9.75. The SMILES string of the molecule is CC1(CO)CCC(NS(=O)(=O)c2ccc(-c3ccc(F)cc3F)cc2)CC1. The third-order valence-corrected chi connectivity index (χ3v) is 6.84. The summed E-state index contributed by atoms with van der Waals surface area (Å²) in [7, 11) is -3.69. The molecule has 0 saturated heterocycles. The Kier molecular flexibility index (Phi) is 5.65. The average Bonchev–Trinajstić information content (AvgIpc) is 2.64. The zero-order chi connectivity index (χ0) is 19.7. The van der Waals surface area contributed by atoms with Crippen molar-refractivity contribution in [3.63, 3.8) is 0 Å². The number of sulfonamides is 1. The number of rotatable bonds is 5. The Labute approximate surface area is 158 Å². The summed E-state index contributed by atoms with van der Waals surface area (Å²) >= 11 is 0. The largest absolute Gasteiger partial charge is 0.396 e.